The second kappa shape index (κ2) is 10.8. The van der Waals surface area contributed by atoms with Crippen LogP contribution >= 0.6 is 0 Å². The van der Waals surface area contributed by atoms with Gasteiger partial charge in [-0.25, -0.2) is 4.68 Å². The SMILES string of the molecule is Cc1ccc(N(C(=O)Cn2nnc3ccccc32)[C@@H](C(=O)NCc2ccccc2)c2ccccn2)cc1. The van der Waals surface area contributed by atoms with Gasteiger partial charge < -0.3 is 5.32 Å². The largest absolute Gasteiger partial charge is 0.350 e. The monoisotopic (exact) mass is 490 g/mol. The van der Waals surface area contributed by atoms with Crippen molar-refractivity contribution >= 4 is 28.5 Å². The fraction of sp³-hybridized carbons (Fsp3) is 0.138. The van der Waals surface area contributed by atoms with Crippen LogP contribution in [0.4, 0.5) is 5.69 Å². The summed E-state index contributed by atoms with van der Waals surface area (Å²) < 4.78 is 1.55. The lowest BCUT2D eigenvalue weighted by molar-refractivity contribution is -0.127. The van der Waals surface area contributed by atoms with Gasteiger partial charge in [0, 0.05) is 18.4 Å². The molecule has 3 aromatic carbocycles. The Morgan fingerprint density at radius 3 is 2.38 bits per heavy atom. The maximum atomic E-state index is 14.0. The number of hydrogen-bond acceptors (Lipinski definition) is 5. The molecule has 0 spiro atoms. The lowest BCUT2D eigenvalue weighted by atomic mass is 10.1. The fourth-order valence-electron chi connectivity index (χ4n) is 4.18. The summed E-state index contributed by atoms with van der Waals surface area (Å²) in [5.74, 6) is -0.648. The number of aryl methyl sites for hydroxylation is 1. The summed E-state index contributed by atoms with van der Waals surface area (Å²) in [5.41, 5.74) is 4.48. The number of pyridine rings is 1. The molecule has 0 unspecified atom stereocenters. The summed E-state index contributed by atoms with van der Waals surface area (Å²) in [6, 6.07) is 29.0. The zero-order valence-corrected chi connectivity index (χ0v) is 20.4. The van der Waals surface area contributed by atoms with E-state index in [9.17, 15) is 9.59 Å². The molecular weight excluding hydrogens is 464 g/mol. The maximum Gasteiger partial charge on any atom is 0.249 e. The van der Waals surface area contributed by atoms with Crippen LogP contribution in [0.2, 0.25) is 0 Å². The van der Waals surface area contributed by atoms with Crippen molar-refractivity contribution in [2.45, 2.75) is 26.1 Å². The molecule has 0 aliphatic carbocycles. The van der Waals surface area contributed by atoms with Crippen LogP contribution in [-0.2, 0) is 22.7 Å². The topological polar surface area (TPSA) is 93.0 Å². The predicted octanol–water partition coefficient (Wildman–Crippen LogP) is 4.23. The third kappa shape index (κ3) is 5.38. The van der Waals surface area contributed by atoms with Gasteiger partial charge in [0.2, 0.25) is 11.8 Å². The Kier molecular flexibility index (Phi) is 6.98. The van der Waals surface area contributed by atoms with Crippen molar-refractivity contribution in [1.29, 1.82) is 0 Å². The number of aromatic nitrogens is 4. The van der Waals surface area contributed by atoms with Gasteiger partial charge in [0.05, 0.1) is 11.2 Å². The van der Waals surface area contributed by atoms with Crippen molar-refractivity contribution in [1.82, 2.24) is 25.3 Å². The number of carbonyl (C=O) groups excluding carboxylic acids is 2. The molecule has 5 aromatic rings. The van der Waals surface area contributed by atoms with Crippen molar-refractivity contribution in [3.63, 3.8) is 0 Å². The Morgan fingerprint density at radius 2 is 1.62 bits per heavy atom. The number of anilines is 1. The highest BCUT2D eigenvalue weighted by Crippen LogP contribution is 2.28. The van der Waals surface area contributed by atoms with Gasteiger partial charge in [0.25, 0.3) is 0 Å². The molecule has 0 saturated heterocycles. The second-order valence-corrected chi connectivity index (χ2v) is 8.70. The standard InChI is InChI=1S/C29H26N6O2/c1-21-14-16-23(17-15-21)35(27(36)20-34-26-13-6-5-11-24(26)32-33-34)28(25-12-7-8-18-30-25)29(37)31-19-22-9-3-2-4-10-22/h2-18,28H,19-20H2,1H3,(H,31,37)/t28-/m1/s1. The van der Waals surface area contributed by atoms with Crippen molar-refractivity contribution in [2.24, 2.45) is 0 Å². The molecule has 0 aliphatic rings. The Morgan fingerprint density at radius 1 is 0.892 bits per heavy atom. The lowest BCUT2D eigenvalue weighted by Crippen LogP contribution is -2.45. The molecule has 1 atom stereocenters. The van der Waals surface area contributed by atoms with Crippen molar-refractivity contribution in [3.8, 4) is 0 Å². The third-order valence-electron chi connectivity index (χ3n) is 6.07. The maximum absolute atomic E-state index is 14.0. The van der Waals surface area contributed by atoms with Crippen molar-refractivity contribution < 1.29 is 9.59 Å². The van der Waals surface area contributed by atoms with Crippen molar-refractivity contribution in [3.05, 3.63) is 120 Å². The van der Waals surface area contributed by atoms with Gasteiger partial charge in [-0.05, 0) is 48.9 Å². The lowest BCUT2D eigenvalue weighted by Gasteiger charge is -2.31. The zero-order chi connectivity index (χ0) is 25.6. The summed E-state index contributed by atoms with van der Waals surface area (Å²) in [6.07, 6.45) is 1.62. The highest BCUT2D eigenvalue weighted by Gasteiger charge is 2.34. The highest BCUT2D eigenvalue weighted by atomic mass is 16.2. The molecule has 0 aliphatic heterocycles. The number of nitrogens with zero attached hydrogens (tertiary/aromatic N) is 5. The van der Waals surface area contributed by atoms with Gasteiger partial charge in [-0.2, -0.15) is 0 Å². The molecule has 0 bridgehead atoms. The Bertz CT molecular complexity index is 1500. The number of hydrogen-bond donors (Lipinski definition) is 1. The van der Waals surface area contributed by atoms with Gasteiger partial charge in [0.15, 0.2) is 6.04 Å². The van der Waals surface area contributed by atoms with Crippen LogP contribution < -0.4 is 10.2 Å². The molecule has 5 rings (SSSR count). The van der Waals surface area contributed by atoms with Crippen LogP contribution in [0, 0.1) is 6.92 Å². The fourth-order valence-corrected chi connectivity index (χ4v) is 4.18. The van der Waals surface area contributed by atoms with E-state index in [1.807, 2.05) is 91.9 Å². The zero-order valence-electron chi connectivity index (χ0n) is 20.4. The molecule has 37 heavy (non-hydrogen) atoms. The van der Waals surface area contributed by atoms with Crippen LogP contribution in [0.1, 0.15) is 22.9 Å². The molecule has 1 N–H and O–H groups in total. The molecule has 8 heteroatoms. The van der Waals surface area contributed by atoms with E-state index in [2.05, 4.69) is 20.6 Å². The van der Waals surface area contributed by atoms with Crippen LogP contribution in [0.25, 0.3) is 11.0 Å². The molecule has 2 aromatic heterocycles. The van der Waals surface area contributed by atoms with Gasteiger partial charge in [-0.1, -0.05) is 71.4 Å². The van der Waals surface area contributed by atoms with Gasteiger partial charge in [-0.15, -0.1) is 5.10 Å². The van der Waals surface area contributed by atoms with Crippen LogP contribution in [0.5, 0.6) is 0 Å². The average molecular weight is 491 g/mol. The van der Waals surface area contributed by atoms with E-state index >= 15 is 0 Å². The minimum absolute atomic E-state index is 0.0936. The molecule has 0 radical (unpaired) electrons. The summed E-state index contributed by atoms with van der Waals surface area (Å²) >= 11 is 0. The number of nitrogens with one attached hydrogen (secondary N) is 1. The summed E-state index contributed by atoms with van der Waals surface area (Å²) in [5, 5.41) is 11.3. The summed E-state index contributed by atoms with van der Waals surface area (Å²) in [7, 11) is 0. The van der Waals surface area contributed by atoms with E-state index in [0.717, 1.165) is 16.6 Å². The third-order valence-corrected chi connectivity index (χ3v) is 6.07. The van der Waals surface area contributed by atoms with E-state index in [-0.39, 0.29) is 18.4 Å². The second-order valence-electron chi connectivity index (χ2n) is 8.70. The normalized spacial score (nSPS) is 11.7. The predicted molar refractivity (Wildman–Crippen MR) is 141 cm³/mol. The van der Waals surface area contributed by atoms with Crippen LogP contribution in [0.15, 0.2) is 103 Å². The quantitative estimate of drug-likeness (QED) is 0.351. The van der Waals surface area contributed by atoms with E-state index < -0.39 is 6.04 Å². The van der Waals surface area contributed by atoms with E-state index in [0.29, 0.717) is 23.4 Å². The molecule has 2 heterocycles. The minimum atomic E-state index is -0.991. The molecule has 184 valence electrons. The summed E-state index contributed by atoms with van der Waals surface area (Å²) in [6.45, 7) is 2.20. The first-order valence-electron chi connectivity index (χ1n) is 12.0. The van der Waals surface area contributed by atoms with E-state index in [4.69, 9.17) is 0 Å². The Hall–Kier alpha value is -4.85. The van der Waals surface area contributed by atoms with Gasteiger partial charge >= 0.3 is 0 Å². The van der Waals surface area contributed by atoms with Crippen molar-refractivity contribution in [2.75, 3.05) is 4.90 Å². The number of para-hydroxylation sites is 1. The minimum Gasteiger partial charge on any atom is -0.350 e. The molecule has 0 fully saturated rings. The Balaban J connectivity index is 1.53. The number of benzene rings is 3. The van der Waals surface area contributed by atoms with E-state index in [1.165, 1.54) is 4.90 Å². The first kappa shape index (κ1) is 23.9. The number of rotatable bonds is 8. The smallest absolute Gasteiger partial charge is 0.249 e. The van der Waals surface area contributed by atoms with Gasteiger partial charge in [0.1, 0.15) is 12.1 Å². The van der Waals surface area contributed by atoms with Gasteiger partial charge in [-0.3, -0.25) is 19.5 Å². The summed E-state index contributed by atoms with van der Waals surface area (Å²) in [4.78, 5) is 33.7. The number of fused-ring (bicyclic) bond motifs is 1. The van der Waals surface area contributed by atoms with Crippen LogP contribution in [-0.4, -0.2) is 31.8 Å². The first-order chi connectivity index (χ1) is 18.1. The average Bonchev–Trinajstić information content (AvgIpc) is 3.34. The van der Waals surface area contributed by atoms with E-state index in [1.54, 1.807) is 23.0 Å². The van der Waals surface area contributed by atoms with Crippen LogP contribution in [0.3, 0.4) is 0 Å². The Labute approximate surface area is 214 Å². The number of amides is 2. The number of carbonyl (C=O) groups is 2. The highest BCUT2D eigenvalue weighted by molar-refractivity contribution is 6.01. The molecular formula is C29H26N6O2. The molecule has 0 saturated carbocycles. The molecule has 8 nitrogen and oxygen atoms in total. The first-order valence-corrected chi connectivity index (χ1v) is 12.0. The molecule has 2 amide bonds.